The minimum absolute atomic E-state index is 0. The molecule has 0 amide bonds. The largest absolute Gasteiger partial charge is 1.00 e. The van der Waals surface area contributed by atoms with Crippen molar-refractivity contribution < 1.29 is 31.1 Å². The molecule has 0 aliphatic carbocycles. The maximum Gasteiger partial charge on any atom is 0.355 e. The van der Waals surface area contributed by atoms with Crippen LogP contribution in [0, 0.1) is 0 Å². The van der Waals surface area contributed by atoms with Crippen LogP contribution < -0.4 is 32.0 Å². The lowest BCUT2D eigenvalue weighted by Crippen LogP contribution is -3.00. The number of nitrogens with two attached hydrogens (primary N) is 1. The number of halogens is 2. The highest BCUT2D eigenvalue weighted by molar-refractivity contribution is 6.30. The fourth-order valence-electron chi connectivity index (χ4n) is 2.68. The number of ether oxygens (including phenoxy) is 1. The van der Waals surface area contributed by atoms with E-state index in [1.807, 2.05) is 42.1 Å². The Labute approximate surface area is 167 Å². The number of nitrogen functional groups attached to an aromatic ring is 1. The third kappa shape index (κ3) is 4.08. The minimum Gasteiger partial charge on any atom is -1.00 e. The number of aromatic nitrogens is 2. The normalized spacial score (nSPS) is 10.3. The number of ketones is 1. The fourth-order valence-corrected chi connectivity index (χ4v) is 2.87. The standard InChI is InChI=1S/C19H18ClN3O2.BrH/c1-22-17(14-4-3-5-15(20)10-14)11-23(19(22)21)12-18(24)13-6-8-16(25-2)9-7-13;/h3-11,21H,12H2,1-2H3;1H. The molecule has 0 atom stereocenters. The van der Waals surface area contributed by atoms with E-state index in [2.05, 4.69) is 0 Å². The van der Waals surface area contributed by atoms with E-state index in [4.69, 9.17) is 22.1 Å². The van der Waals surface area contributed by atoms with E-state index in [-0.39, 0.29) is 29.3 Å². The molecular formula is C19H19BrClN3O2. The number of Topliss-reactive ketones (excluding diaryl/α,β-unsaturated/α-hetero) is 1. The predicted octanol–water partition coefficient (Wildman–Crippen LogP) is 0.111. The fraction of sp³-hybridized carbons (Fsp3) is 0.158. The zero-order valence-corrected chi connectivity index (χ0v) is 16.8. The van der Waals surface area contributed by atoms with Crippen LogP contribution in [0.4, 0.5) is 5.95 Å². The first kappa shape index (κ1) is 20.0. The molecule has 0 saturated carbocycles. The molecule has 2 aromatic carbocycles. The molecule has 0 unspecified atom stereocenters. The Morgan fingerprint density at radius 2 is 1.92 bits per heavy atom. The van der Waals surface area contributed by atoms with E-state index in [0.717, 1.165) is 11.3 Å². The average molecular weight is 437 g/mol. The Bertz CT molecular complexity index is 923. The van der Waals surface area contributed by atoms with Crippen LogP contribution in [-0.4, -0.2) is 17.5 Å². The van der Waals surface area contributed by atoms with Crippen molar-refractivity contribution in [1.29, 1.82) is 0 Å². The number of carbonyl (C=O) groups excluding carboxylic acids is 1. The van der Waals surface area contributed by atoms with Gasteiger partial charge in [-0.2, -0.15) is 0 Å². The molecule has 0 aliphatic rings. The summed E-state index contributed by atoms with van der Waals surface area (Å²) in [6.45, 7) is 0.159. The van der Waals surface area contributed by atoms with Gasteiger partial charge in [-0.25, -0.2) is 9.13 Å². The summed E-state index contributed by atoms with van der Waals surface area (Å²) in [6.07, 6.45) is 1.86. The molecule has 3 aromatic rings. The van der Waals surface area contributed by atoms with Crippen molar-refractivity contribution in [2.45, 2.75) is 6.54 Å². The van der Waals surface area contributed by atoms with Crippen molar-refractivity contribution >= 4 is 23.3 Å². The van der Waals surface area contributed by atoms with E-state index in [1.165, 1.54) is 0 Å². The van der Waals surface area contributed by atoms with Crippen molar-refractivity contribution in [3.05, 3.63) is 65.3 Å². The Morgan fingerprint density at radius 3 is 2.54 bits per heavy atom. The first-order chi connectivity index (χ1) is 12.0. The van der Waals surface area contributed by atoms with Crippen LogP contribution in [0.15, 0.2) is 54.7 Å². The molecule has 7 heteroatoms. The van der Waals surface area contributed by atoms with Crippen LogP contribution in [-0.2, 0) is 13.6 Å². The lowest BCUT2D eigenvalue weighted by molar-refractivity contribution is -0.667. The van der Waals surface area contributed by atoms with E-state index < -0.39 is 0 Å². The van der Waals surface area contributed by atoms with Gasteiger partial charge in [-0.15, -0.1) is 0 Å². The third-order valence-electron chi connectivity index (χ3n) is 4.12. The minimum atomic E-state index is -0.0254. The molecule has 1 heterocycles. The number of benzene rings is 2. The van der Waals surface area contributed by atoms with Gasteiger partial charge in [0.05, 0.1) is 14.2 Å². The molecular weight excluding hydrogens is 418 g/mol. The zero-order chi connectivity index (χ0) is 18.0. The maximum absolute atomic E-state index is 12.5. The van der Waals surface area contributed by atoms with Crippen molar-refractivity contribution in [3.8, 4) is 17.0 Å². The summed E-state index contributed by atoms with van der Waals surface area (Å²) >= 11 is 6.07. The summed E-state index contributed by atoms with van der Waals surface area (Å²) in [5.74, 6) is 1.19. The number of hydrogen-bond acceptors (Lipinski definition) is 3. The van der Waals surface area contributed by atoms with Crippen LogP contribution in [0.5, 0.6) is 5.75 Å². The molecule has 0 saturated heterocycles. The first-order valence-corrected chi connectivity index (χ1v) is 8.15. The molecule has 136 valence electrons. The Balaban J connectivity index is 0.00000243. The average Bonchev–Trinajstić information content (AvgIpc) is 2.90. The molecule has 1 aromatic heterocycles. The summed E-state index contributed by atoms with van der Waals surface area (Å²) in [4.78, 5) is 12.5. The van der Waals surface area contributed by atoms with Gasteiger partial charge in [-0.05, 0) is 36.4 Å². The highest BCUT2D eigenvalue weighted by Gasteiger charge is 2.20. The molecule has 2 N–H and O–H groups in total. The second-order valence-corrected chi connectivity index (χ2v) is 6.16. The summed E-state index contributed by atoms with van der Waals surface area (Å²) in [5, 5.41) is 0.651. The van der Waals surface area contributed by atoms with Crippen LogP contribution >= 0.6 is 11.6 Å². The lowest BCUT2D eigenvalue weighted by Gasteiger charge is -2.02. The zero-order valence-electron chi connectivity index (χ0n) is 14.4. The Morgan fingerprint density at radius 1 is 1.23 bits per heavy atom. The van der Waals surface area contributed by atoms with Gasteiger partial charge in [-0.3, -0.25) is 10.5 Å². The van der Waals surface area contributed by atoms with Crippen LogP contribution in [0.2, 0.25) is 5.02 Å². The highest BCUT2D eigenvalue weighted by atomic mass is 79.9. The molecule has 0 radical (unpaired) electrons. The van der Waals surface area contributed by atoms with Crippen LogP contribution in [0.3, 0.4) is 0 Å². The number of rotatable bonds is 5. The molecule has 0 bridgehead atoms. The van der Waals surface area contributed by atoms with Gasteiger partial charge in [-0.1, -0.05) is 23.7 Å². The van der Waals surface area contributed by atoms with Gasteiger partial charge in [0.2, 0.25) is 0 Å². The van der Waals surface area contributed by atoms with Gasteiger partial charge in [0.15, 0.2) is 5.78 Å². The molecule has 0 aliphatic heterocycles. The number of carbonyl (C=O) groups is 1. The SMILES string of the molecule is COc1ccc(C(=O)C[n+]2cc(-c3cccc(Cl)c3)n(C)c2N)cc1.[Br-]. The Kier molecular flexibility index (Phi) is 6.45. The van der Waals surface area contributed by atoms with E-state index in [0.29, 0.717) is 22.3 Å². The van der Waals surface area contributed by atoms with Crippen molar-refractivity contribution in [2.75, 3.05) is 12.8 Å². The lowest BCUT2D eigenvalue weighted by atomic mass is 10.1. The van der Waals surface area contributed by atoms with E-state index >= 15 is 0 Å². The highest BCUT2D eigenvalue weighted by Crippen LogP contribution is 2.23. The van der Waals surface area contributed by atoms with Crippen molar-refractivity contribution in [1.82, 2.24) is 4.57 Å². The van der Waals surface area contributed by atoms with Crippen molar-refractivity contribution in [2.24, 2.45) is 7.05 Å². The molecule has 5 nitrogen and oxygen atoms in total. The van der Waals surface area contributed by atoms with Crippen LogP contribution in [0.25, 0.3) is 11.3 Å². The van der Waals surface area contributed by atoms with Crippen molar-refractivity contribution in [3.63, 3.8) is 0 Å². The first-order valence-electron chi connectivity index (χ1n) is 7.77. The summed E-state index contributed by atoms with van der Waals surface area (Å²) in [6, 6.07) is 14.6. The number of hydrogen-bond donors (Lipinski definition) is 1. The molecule has 0 spiro atoms. The maximum atomic E-state index is 12.5. The second kappa shape index (κ2) is 8.38. The summed E-state index contributed by atoms with van der Waals surface area (Å²) in [7, 11) is 3.45. The summed E-state index contributed by atoms with van der Waals surface area (Å²) in [5.41, 5.74) is 8.62. The van der Waals surface area contributed by atoms with Gasteiger partial charge in [0, 0.05) is 16.1 Å². The monoisotopic (exact) mass is 435 g/mol. The summed E-state index contributed by atoms with van der Waals surface area (Å²) < 4.78 is 8.69. The van der Waals surface area contributed by atoms with Crippen LogP contribution in [0.1, 0.15) is 10.4 Å². The Hall–Kier alpha value is -2.31. The predicted molar refractivity (Wildman–Crippen MR) is 97.8 cm³/mol. The topological polar surface area (TPSA) is 61.1 Å². The van der Waals surface area contributed by atoms with Gasteiger partial charge in [0.1, 0.15) is 24.2 Å². The number of methoxy groups -OCH3 is 1. The molecule has 3 rings (SSSR count). The number of imidazole rings is 1. The van der Waals surface area contributed by atoms with E-state index in [1.54, 1.807) is 35.9 Å². The smallest absolute Gasteiger partial charge is 0.355 e. The van der Waals surface area contributed by atoms with Gasteiger partial charge < -0.3 is 21.7 Å². The molecule has 0 fully saturated rings. The van der Waals surface area contributed by atoms with E-state index in [9.17, 15) is 4.79 Å². The quantitative estimate of drug-likeness (QED) is 0.456. The van der Waals surface area contributed by atoms with Gasteiger partial charge in [0.25, 0.3) is 0 Å². The third-order valence-corrected chi connectivity index (χ3v) is 4.36. The number of nitrogens with zero attached hydrogens (tertiary/aromatic N) is 2. The molecule has 26 heavy (non-hydrogen) atoms. The van der Waals surface area contributed by atoms with Gasteiger partial charge >= 0.3 is 5.95 Å². The second-order valence-electron chi connectivity index (χ2n) is 5.72. The number of anilines is 1.